The average molecular weight is 379 g/mol. The summed E-state index contributed by atoms with van der Waals surface area (Å²) in [5, 5.41) is 14.5. The average Bonchev–Trinajstić information content (AvgIpc) is 3.16. The number of benzene rings is 2. The van der Waals surface area contributed by atoms with Crippen molar-refractivity contribution in [2.24, 2.45) is 5.10 Å². The molecule has 0 saturated heterocycles. The molecule has 0 aliphatic carbocycles. The third kappa shape index (κ3) is 4.82. The van der Waals surface area contributed by atoms with Crippen LogP contribution in [0.25, 0.3) is 11.3 Å². The second-order valence-corrected chi connectivity index (χ2v) is 5.85. The third-order valence-corrected chi connectivity index (χ3v) is 3.82. The number of non-ortho nitro benzene ring substituents is 1. The molecule has 0 aliphatic heterocycles. The minimum absolute atomic E-state index is 0.00715. The van der Waals surface area contributed by atoms with Gasteiger partial charge in [-0.3, -0.25) is 14.9 Å². The van der Waals surface area contributed by atoms with E-state index in [4.69, 9.17) is 9.15 Å². The largest absolute Gasteiger partial charge is 0.483 e. The summed E-state index contributed by atoms with van der Waals surface area (Å²) in [6.07, 6.45) is 1.36. The molecular formula is C20H17N3O5. The Labute approximate surface area is 160 Å². The van der Waals surface area contributed by atoms with Gasteiger partial charge in [0.2, 0.25) is 0 Å². The molecule has 0 aliphatic rings. The van der Waals surface area contributed by atoms with Gasteiger partial charge in [-0.2, -0.15) is 5.10 Å². The van der Waals surface area contributed by atoms with Crippen molar-refractivity contribution in [1.29, 1.82) is 0 Å². The van der Waals surface area contributed by atoms with Crippen LogP contribution in [0.1, 0.15) is 11.3 Å². The van der Waals surface area contributed by atoms with Crippen LogP contribution >= 0.6 is 0 Å². The van der Waals surface area contributed by atoms with Gasteiger partial charge < -0.3 is 9.15 Å². The summed E-state index contributed by atoms with van der Waals surface area (Å²) in [5.74, 6) is 1.20. The van der Waals surface area contributed by atoms with Crippen molar-refractivity contribution in [1.82, 2.24) is 5.43 Å². The van der Waals surface area contributed by atoms with Gasteiger partial charge in [0.05, 0.1) is 11.1 Å². The van der Waals surface area contributed by atoms with Gasteiger partial charge in [-0.15, -0.1) is 0 Å². The maximum absolute atomic E-state index is 11.8. The zero-order chi connectivity index (χ0) is 19.9. The van der Waals surface area contributed by atoms with E-state index in [1.807, 2.05) is 25.1 Å². The van der Waals surface area contributed by atoms with E-state index in [0.717, 1.165) is 5.56 Å². The molecule has 1 N–H and O–H groups in total. The van der Waals surface area contributed by atoms with Gasteiger partial charge in [-0.25, -0.2) is 5.43 Å². The van der Waals surface area contributed by atoms with Crippen molar-refractivity contribution in [2.45, 2.75) is 6.92 Å². The first-order valence-electron chi connectivity index (χ1n) is 8.38. The van der Waals surface area contributed by atoms with Gasteiger partial charge >= 0.3 is 0 Å². The van der Waals surface area contributed by atoms with Gasteiger partial charge in [-0.05, 0) is 42.8 Å². The number of para-hydroxylation sites is 1. The van der Waals surface area contributed by atoms with Crippen LogP contribution in [0.5, 0.6) is 5.75 Å². The summed E-state index contributed by atoms with van der Waals surface area (Å²) >= 11 is 0. The number of rotatable bonds is 7. The number of hydrogen-bond acceptors (Lipinski definition) is 6. The molecule has 1 amide bonds. The summed E-state index contributed by atoms with van der Waals surface area (Å²) in [6.45, 7) is 1.74. The highest BCUT2D eigenvalue weighted by atomic mass is 16.6. The Morgan fingerprint density at radius 3 is 2.64 bits per heavy atom. The summed E-state index contributed by atoms with van der Waals surface area (Å²) in [7, 11) is 0. The smallest absolute Gasteiger partial charge is 0.277 e. The first-order chi connectivity index (χ1) is 13.5. The first-order valence-corrected chi connectivity index (χ1v) is 8.38. The normalized spacial score (nSPS) is 10.8. The second kappa shape index (κ2) is 8.63. The van der Waals surface area contributed by atoms with Gasteiger partial charge in [0.1, 0.15) is 17.3 Å². The number of nitrogens with one attached hydrogen (secondary N) is 1. The van der Waals surface area contributed by atoms with Crippen molar-refractivity contribution >= 4 is 17.8 Å². The number of ether oxygens (including phenoxy) is 1. The maximum Gasteiger partial charge on any atom is 0.277 e. The van der Waals surface area contributed by atoms with Crippen molar-refractivity contribution in [3.8, 4) is 17.1 Å². The number of carbonyl (C=O) groups excluding carboxylic acids is 1. The van der Waals surface area contributed by atoms with Crippen molar-refractivity contribution in [2.75, 3.05) is 6.61 Å². The Kier molecular flexibility index (Phi) is 5.81. The minimum Gasteiger partial charge on any atom is -0.483 e. The number of hydrogen-bond donors (Lipinski definition) is 1. The highest BCUT2D eigenvalue weighted by molar-refractivity contribution is 5.81. The molecule has 3 aromatic rings. The number of nitrogens with zero attached hydrogens (tertiary/aromatic N) is 2. The molecule has 0 bridgehead atoms. The fraction of sp³-hybridized carbons (Fsp3) is 0.100. The topological polar surface area (TPSA) is 107 Å². The molecule has 0 fully saturated rings. The third-order valence-electron chi connectivity index (χ3n) is 3.82. The molecule has 0 saturated carbocycles. The first kappa shape index (κ1) is 18.8. The number of amides is 1. The van der Waals surface area contributed by atoms with E-state index in [1.54, 1.807) is 30.3 Å². The van der Waals surface area contributed by atoms with Crippen molar-refractivity contribution in [3.05, 3.63) is 82.1 Å². The molecule has 0 radical (unpaired) electrons. The molecule has 1 aromatic heterocycles. The Bertz CT molecular complexity index is 1010. The summed E-state index contributed by atoms with van der Waals surface area (Å²) in [4.78, 5) is 22.0. The van der Waals surface area contributed by atoms with Crippen LogP contribution in [0.3, 0.4) is 0 Å². The summed E-state index contributed by atoms with van der Waals surface area (Å²) in [6, 6.07) is 16.8. The lowest BCUT2D eigenvalue weighted by Crippen LogP contribution is -2.24. The fourth-order valence-electron chi connectivity index (χ4n) is 2.39. The lowest BCUT2D eigenvalue weighted by atomic mass is 10.1. The SMILES string of the molecule is Cc1ccccc1OCC(=O)N/N=C\c1ccc(-c2ccc([N+](=O)[O-])cc2)o1. The van der Waals surface area contributed by atoms with E-state index in [-0.39, 0.29) is 12.3 Å². The number of aryl methyl sites for hydroxylation is 1. The van der Waals surface area contributed by atoms with E-state index in [2.05, 4.69) is 10.5 Å². The molecule has 0 unspecified atom stereocenters. The van der Waals surface area contributed by atoms with E-state index < -0.39 is 10.8 Å². The predicted molar refractivity (Wildman–Crippen MR) is 103 cm³/mol. The number of hydrazone groups is 1. The Morgan fingerprint density at radius 1 is 1.18 bits per heavy atom. The Morgan fingerprint density at radius 2 is 1.93 bits per heavy atom. The quantitative estimate of drug-likeness (QED) is 0.383. The molecular weight excluding hydrogens is 362 g/mol. The minimum atomic E-state index is -0.463. The van der Waals surface area contributed by atoms with Gasteiger partial charge in [0.25, 0.3) is 11.6 Å². The van der Waals surface area contributed by atoms with Crippen LogP contribution in [0.2, 0.25) is 0 Å². The van der Waals surface area contributed by atoms with Crippen LogP contribution < -0.4 is 10.2 Å². The molecule has 2 aromatic carbocycles. The van der Waals surface area contributed by atoms with Gasteiger partial charge in [0.15, 0.2) is 6.61 Å². The van der Waals surface area contributed by atoms with E-state index >= 15 is 0 Å². The second-order valence-electron chi connectivity index (χ2n) is 5.85. The van der Waals surface area contributed by atoms with E-state index in [9.17, 15) is 14.9 Å². The molecule has 0 atom stereocenters. The number of furan rings is 1. The lowest BCUT2D eigenvalue weighted by Gasteiger charge is -2.07. The number of carbonyl (C=O) groups is 1. The van der Waals surface area contributed by atoms with Crippen LogP contribution in [0.15, 0.2) is 70.2 Å². The molecule has 1 heterocycles. The van der Waals surface area contributed by atoms with Gasteiger partial charge in [-0.1, -0.05) is 18.2 Å². The van der Waals surface area contributed by atoms with Crippen molar-refractivity contribution < 1.29 is 18.9 Å². The fourth-order valence-corrected chi connectivity index (χ4v) is 2.39. The predicted octanol–water partition coefficient (Wildman–Crippen LogP) is 3.69. The number of nitro groups is 1. The van der Waals surface area contributed by atoms with Crippen LogP contribution in [-0.2, 0) is 4.79 Å². The van der Waals surface area contributed by atoms with E-state index in [0.29, 0.717) is 22.8 Å². The molecule has 8 nitrogen and oxygen atoms in total. The van der Waals surface area contributed by atoms with Gasteiger partial charge in [0, 0.05) is 17.7 Å². The maximum atomic E-state index is 11.8. The standard InChI is InChI=1S/C20H17N3O5/c1-14-4-2-3-5-18(14)27-13-20(24)22-21-12-17-10-11-19(28-17)15-6-8-16(9-7-15)23(25)26/h2-12H,13H2,1H3,(H,22,24)/b21-12-. The molecule has 0 spiro atoms. The molecule has 8 heteroatoms. The zero-order valence-electron chi connectivity index (χ0n) is 15.0. The summed E-state index contributed by atoms with van der Waals surface area (Å²) < 4.78 is 11.0. The van der Waals surface area contributed by atoms with Crippen molar-refractivity contribution in [3.63, 3.8) is 0 Å². The highest BCUT2D eigenvalue weighted by Crippen LogP contribution is 2.24. The molecule has 142 valence electrons. The Hall–Kier alpha value is -3.94. The summed E-state index contributed by atoms with van der Waals surface area (Å²) in [5.41, 5.74) is 4.00. The zero-order valence-corrected chi connectivity index (χ0v) is 15.0. The number of nitro benzene ring substituents is 1. The van der Waals surface area contributed by atoms with Crippen LogP contribution in [0, 0.1) is 17.0 Å². The van der Waals surface area contributed by atoms with Crippen LogP contribution in [0.4, 0.5) is 5.69 Å². The van der Waals surface area contributed by atoms with E-state index in [1.165, 1.54) is 18.3 Å². The molecule has 28 heavy (non-hydrogen) atoms. The Balaban J connectivity index is 1.53. The lowest BCUT2D eigenvalue weighted by molar-refractivity contribution is -0.384. The monoisotopic (exact) mass is 379 g/mol. The molecule has 3 rings (SSSR count). The highest BCUT2D eigenvalue weighted by Gasteiger charge is 2.08. The van der Waals surface area contributed by atoms with Crippen LogP contribution in [-0.4, -0.2) is 23.7 Å².